The highest BCUT2D eigenvalue weighted by Gasteiger charge is 2.28. The molecule has 26 heavy (non-hydrogen) atoms. The number of aromatic hydroxyl groups is 1. The van der Waals surface area contributed by atoms with Crippen LogP contribution in [0.2, 0.25) is 0 Å². The molecule has 0 aromatic heterocycles. The second-order valence-corrected chi connectivity index (χ2v) is 9.30. The summed E-state index contributed by atoms with van der Waals surface area (Å²) in [5, 5.41) is 10.9. The normalized spacial score (nSPS) is 16.2. The highest BCUT2D eigenvalue weighted by molar-refractivity contribution is 6.15. The number of carbonyl (C=O) groups excluding carboxylic acids is 1. The zero-order valence-electron chi connectivity index (χ0n) is 16.6. The number of benzene rings is 2. The maximum atomic E-state index is 12.7. The van der Waals surface area contributed by atoms with Gasteiger partial charge in [-0.2, -0.15) is 0 Å². The average molecular weight is 348 g/mol. The largest absolute Gasteiger partial charge is 0.507 e. The summed E-state index contributed by atoms with van der Waals surface area (Å²) in [7, 11) is 0. The molecule has 0 spiro atoms. The van der Waals surface area contributed by atoms with Gasteiger partial charge in [-0.3, -0.25) is 4.79 Å². The first-order valence-corrected chi connectivity index (χ1v) is 9.19. The Kier molecular flexibility index (Phi) is 4.34. The molecule has 3 rings (SSSR count). The molecule has 0 saturated heterocycles. The summed E-state index contributed by atoms with van der Waals surface area (Å²) in [6.07, 6.45) is 2.66. The van der Waals surface area contributed by atoms with Gasteiger partial charge in [0, 0.05) is 28.7 Å². The molecule has 0 saturated carbocycles. The Labute approximate surface area is 156 Å². The van der Waals surface area contributed by atoms with E-state index in [1.165, 1.54) is 0 Å². The van der Waals surface area contributed by atoms with E-state index in [2.05, 4.69) is 41.5 Å². The van der Waals surface area contributed by atoms with Crippen LogP contribution in [0.25, 0.3) is 6.08 Å². The molecule has 0 fully saturated rings. The molecule has 1 aliphatic carbocycles. The van der Waals surface area contributed by atoms with Gasteiger partial charge in [0.15, 0.2) is 5.78 Å². The van der Waals surface area contributed by atoms with Gasteiger partial charge in [-0.1, -0.05) is 65.8 Å². The molecule has 1 aliphatic rings. The molecular weight excluding hydrogens is 320 g/mol. The maximum Gasteiger partial charge on any atom is 0.189 e. The number of allylic oxidation sites excluding steroid dienone is 1. The minimum Gasteiger partial charge on any atom is -0.507 e. The van der Waals surface area contributed by atoms with Crippen molar-refractivity contribution in [3.05, 3.63) is 69.8 Å². The molecule has 0 amide bonds. The fourth-order valence-corrected chi connectivity index (χ4v) is 3.56. The number of fused-ring (bicyclic) bond motifs is 1. The summed E-state index contributed by atoms with van der Waals surface area (Å²) in [6, 6.07) is 11.9. The number of ketones is 1. The Morgan fingerprint density at radius 3 is 1.96 bits per heavy atom. The number of rotatable bonds is 1. The second-order valence-electron chi connectivity index (χ2n) is 9.30. The lowest BCUT2D eigenvalue weighted by molar-refractivity contribution is 0.104. The van der Waals surface area contributed by atoms with Crippen LogP contribution in [0.15, 0.2) is 42.0 Å². The Balaban J connectivity index is 2.14. The van der Waals surface area contributed by atoms with Gasteiger partial charge in [-0.05, 0) is 40.2 Å². The highest BCUT2D eigenvalue weighted by Crippen LogP contribution is 2.40. The van der Waals surface area contributed by atoms with Crippen molar-refractivity contribution in [2.75, 3.05) is 0 Å². The van der Waals surface area contributed by atoms with Crippen LogP contribution in [0.1, 0.15) is 74.2 Å². The topological polar surface area (TPSA) is 37.3 Å². The molecule has 0 radical (unpaired) electrons. The van der Waals surface area contributed by atoms with Crippen LogP contribution in [-0.4, -0.2) is 10.9 Å². The third-order valence-electron chi connectivity index (χ3n) is 5.02. The molecule has 0 aliphatic heterocycles. The van der Waals surface area contributed by atoms with Crippen LogP contribution in [0, 0.1) is 0 Å². The van der Waals surface area contributed by atoms with Crippen molar-refractivity contribution in [2.45, 2.75) is 58.8 Å². The van der Waals surface area contributed by atoms with Crippen LogP contribution >= 0.6 is 0 Å². The Morgan fingerprint density at radius 1 is 0.923 bits per heavy atom. The number of hydrogen-bond acceptors (Lipinski definition) is 2. The number of hydrogen-bond donors (Lipinski definition) is 1. The number of carbonyl (C=O) groups is 1. The molecule has 2 aromatic rings. The predicted molar refractivity (Wildman–Crippen MR) is 108 cm³/mol. The summed E-state index contributed by atoms with van der Waals surface area (Å²) in [5.74, 6) is 0.483. The Bertz CT molecular complexity index is 868. The first kappa shape index (κ1) is 18.4. The van der Waals surface area contributed by atoms with Crippen LogP contribution in [0.3, 0.4) is 0 Å². The van der Waals surface area contributed by atoms with Crippen molar-refractivity contribution in [3.8, 4) is 5.75 Å². The van der Waals surface area contributed by atoms with E-state index in [1.807, 2.05) is 42.5 Å². The third kappa shape index (κ3) is 3.33. The Morgan fingerprint density at radius 2 is 1.46 bits per heavy atom. The van der Waals surface area contributed by atoms with E-state index in [4.69, 9.17) is 0 Å². The molecule has 2 nitrogen and oxygen atoms in total. The van der Waals surface area contributed by atoms with Gasteiger partial charge in [-0.25, -0.2) is 0 Å². The van der Waals surface area contributed by atoms with Gasteiger partial charge >= 0.3 is 0 Å². The first-order valence-electron chi connectivity index (χ1n) is 9.19. The van der Waals surface area contributed by atoms with Crippen molar-refractivity contribution in [2.24, 2.45) is 0 Å². The van der Waals surface area contributed by atoms with E-state index in [9.17, 15) is 9.90 Å². The standard InChI is InChI=1S/C24H28O2/c1-23(2,3)19-12-15(13-20(22(19)26)24(4,5)6)11-17-14-16-9-7-8-10-18(16)21(17)25/h7-13,26H,14H2,1-6H3. The van der Waals surface area contributed by atoms with Gasteiger partial charge in [-0.15, -0.1) is 0 Å². The molecule has 2 heteroatoms. The van der Waals surface area contributed by atoms with Gasteiger partial charge in [0.05, 0.1) is 0 Å². The molecule has 136 valence electrons. The Hall–Kier alpha value is -2.35. The molecule has 0 atom stereocenters. The number of phenolic OH excluding ortho intramolecular Hbond substituents is 1. The first-order chi connectivity index (χ1) is 12.0. The van der Waals surface area contributed by atoms with Gasteiger partial charge in [0.1, 0.15) is 5.75 Å². The van der Waals surface area contributed by atoms with E-state index < -0.39 is 0 Å². The SMILES string of the molecule is CC(C)(C)c1cc(C=C2Cc3ccccc3C2=O)cc(C(C)(C)C)c1O. The number of phenols is 1. The fraction of sp³-hybridized carbons (Fsp3) is 0.375. The van der Waals surface area contributed by atoms with E-state index in [0.717, 1.165) is 33.4 Å². The van der Waals surface area contributed by atoms with Gasteiger partial charge in [0.2, 0.25) is 0 Å². The average Bonchev–Trinajstić information content (AvgIpc) is 2.83. The zero-order valence-corrected chi connectivity index (χ0v) is 16.6. The molecule has 0 unspecified atom stereocenters. The lowest BCUT2D eigenvalue weighted by Gasteiger charge is -2.28. The molecule has 1 N–H and O–H groups in total. The van der Waals surface area contributed by atoms with E-state index in [1.54, 1.807) is 0 Å². The smallest absolute Gasteiger partial charge is 0.189 e. The van der Waals surface area contributed by atoms with Crippen LogP contribution in [-0.2, 0) is 17.3 Å². The third-order valence-corrected chi connectivity index (χ3v) is 5.02. The van der Waals surface area contributed by atoms with Gasteiger partial charge in [0.25, 0.3) is 0 Å². The molecule has 2 aromatic carbocycles. The highest BCUT2D eigenvalue weighted by atomic mass is 16.3. The summed E-state index contributed by atoms with van der Waals surface area (Å²) in [4.78, 5) is 12.7. The van der Waals surface area contributed by atoms with Crippen LogP contribution in [0.4, 0.5) is 0 Å². The summed E-state index contributed by atoms with van der Waals surface area (Å²) < 4.78 is 0. The minimum absolute atomic E-state index is 0.114. The lowest BCUT2D eigenvalue weighted by atomic mass is 9.78. The van der Waals surface area contributed by atoms with Crippen molar-refractivity contribution in [1.29, 1.82) is 0 Å². The fourth-order valence-electron chi connectivity index (χ4n) is 3.56. The number of Topliss-reactive ketones (excluding diaryl/α,β-unsaturated/α-hetero) is 1. The summed E-state index contributed by atoms with van der Waals surface area (Å²) in [6.45, 7) is 12.6. The minimum atomic E-state index is -0.179. The summed E-state index contributed by atoms with van der Waals surface area (Å²) >= 11 is 0. The monoisotopic (exact) mass is 348 g/mol. The molecule has 0 heterocycles. The van der Waals surface area contributed by atoms with Crippen molar-refractivity contribution in [3.63, 3.8) is 0 Å². The molecular formula is C24H28O2. The van der Waals surface area contributed by atoms with Gasteiger partial charge < -0.3 is 5.11 Å². The lowest BCUT2D eigenvalue weighted by Crippen LogP contribution is -2.17. The quantitative estimate of drug-likeness (QED) is 0.660. The van der Waals surface area contributed by atoms with Crippen molar-refractivity contribution < 1.29 is 9.90 Å². The predicted octanol–water partition coefficient (Wildman–Crippen LogP) is 5.81. The van der Waals surface area contributed by atoms with Crippen LogP contribution < -0.4 is 0 Å². The van der Waals surface area contributed by atoms with E-state index in [-0.39, 0.29) is 16.6 Å². The molecule has 0 bridgehead atoms. The second kappa shape index (κ2) is 6.12. The van der Waals surface area contributed by atoms with Crippen LogP contribution in [0.5, 0.6) is 5.75 Å². The van der Waals surface area contributed by atoms with E-state index in [0.29, 0.717) is 12.2 Å². The maximum absolute atomic E-state index is 12.7. The summed E-state index contributed by atoms with van der Waals surface area (Å²) in [5.41, 5.74) is 5.17. The zero-order chi connectivity index (χ0) is 19.3. The van der Waals surface area contributed by atoms with E-state index >= 15 is 0 Å². The van der Waals surface area contributed by atoms with Crippen molar-refractivity contribution >= 4 is 11.9 Å². The van der Waals surface area contributed by atoms with Crippen molar-refractivity contribution in [1.82, 2.24) is 0 Å².